The first-order valence-corrected chi connectivity index (χ1v) is 6.75. The average Bonchev–Trinajstić information content (AvgIpc) is 2.23. The molecule has 1 aromatic rings. The fourth-order valence-electron chi connectivity index (χ4n) is 1.34. The van der Waals surface area contributed by atoms with Crippen LogP contribution in [-0.4, -0.2) is 17.6 Å². The molecule has 0 radical (unpaired) electrons. The van der Waals surface area contributed by atoms with Gasteiger partial charge in [0.2, 0.25) is 0 Å². The van der Waals surface area contributed by atoms with Crippen LogP contribution in [0, 0.1) is 0 Å². The summed E-state index contributed by atoms with van der Waals surface area (Å²) in [6.45, 7) is 6.94. The van der Waals surface area contributed by atoms with Crippen LogP contribution in [0.2, 0.25) is 0 Å². The fourth-order valence-corrected chi connectivity index (χ4v) is 1.88. The van der Waals surface area contributed by atoms with Gasteiger partial charge < -0.3 is 5.32 Å². The molecule has 19 heavy (non-hydrogen) atoms. The second kappa shape index (κ2) is 6.48. The molecule has 0 aliphatic rings. The molecule has 106 valence electrons. The molecule has 1 nitrogen and oxygen atoms in total. The first kappa shape index (κ1) is 16.1. The number of halogens is 3. The van der Waals surface area contributed by atoms with Gasteiger partial charge in [-0.15, -0.1) is 0 Å². The van der Waals surface area contributed by atoms with E-state index in [1.807, 2.05) is 12.2 Å². The smallest absolute Gasteiger partial charge is 0.309 e. The molecule has 1 N–H and O–H groups in total. The van der Waals surface area contributed by atoms with Crippen LogP contribution >= 0.6 is 11.8 Å². The molecule has 0 unspecified atom stereocenters. The molecule has 0 heterocycles. The molecule has 0 aliphatic heterocycles. The van der Waals surface area contributed by atoms with Crippen molar-refractivity contribution < 1.29 is 13.2 Å². The monoisotopic (exact) mass is 289 g/mol. The first-order valence-electron chi connectivity index (χ1n) is 5.93. The Labute approximate surface area is 116 Å². The van der Waals surface area contributed by atoms with Crippen LogP contribution in [-0.2, 0) is 0 Å². The van der Waals surface area contributed by atoms with Crippen molar-refractivity contribution in [3.63, 3.8) is 0 Å². The normalized spacial score (nSPS) is 13.2. The van der Waals surface area contributed by atoms with Crippen molar-refractivity contribution >= 4 is 17.8 Å². The summed E-state index contributed by atoms with van der Waals surface area (Å²) < 4.78 is 36.4. The van der Waals surface area contributed by atoms with Crippen molar-refractivity contribution in [1.82, 2.24) is 5.32 Å². The third kappa shape index (κ3) is 7.95. The zero-order valence-electron chi connectivity index (χ0n) is 11.2. The maximum atomic E-state index is 12.1. The molecule has 0 spiro atoms. The van der Waals surface area contributed by atoms with Crippen LogP contribution in [0.25, 0.3) is 6.08 Å². The molecular formula is C14H18F3NS. The van der Waals surface area contributed by atoms with Gasteiger partial charge in [0, 0.05) is 17.0 Å². The van der Waals surface area contributed by atoms with Gasteiger partial charge in [-0.3, -0.25) is 0 Å². The number of hydrogen-bond acceptors (Lipinski definition) is 2. The lowest BCUT2D eigenvalue weighted by molar-refractivity contribution is -0.0328. The van der Waals surface area contributed by atoms with E-state index in [4.69, 9.17) is 0 Å². The lowest BCUT2D eigenvalue weighted by atomic mass is 10.1. The number of thioether (sulfide) groups is 1. The maximum absolute atomic E-state index is 12.1. The van der Waals surface area contributed by atoms with Crippen LogP contribution in [0.1, 0.15) is 26.3 Å². The van der Waals surface area contributed by atoms with Gasteiger partial charge in [0.25, 0.3) is 0 Å². The molecule has 0 atom stereocenters. The summed E-state index contributed by atoms with van der Waals surface area (Å²) in [4.78, 5) is 0.206. The van der Waals surface area contributed by atoms with E-state index in [0.717, 1.165) is 12.1 Å². The summed E-state index contributed by atoms with van der Waals surface area (Å²) in [6.07, 6.45) is 3.85. The fraction of sp³-hybridized carbons (Fsp3) is 0.429. The minimum Gasteiger partial charge on any atom is -0.309 e. The van der Waals surface area contributed by atoms with Crippen LogP contribution in [0.15, 0.2) is 35.2 Å². The predicted molar refractivity (Wildman–Crippen MR) is 75.1 cm³/mol. The summed E-state index contributed by atoms with van der Waals surface area (Å²) in [7, 11) is 0. The van der Waals surface area contributed by atoms with E-state index < -0.39 is 5.51 Å². The van der Waals surface area contributed by atoms with Crippen molar-refractivity contribution in [2.75, 3.05) is 6.54 Å². The minimum atomic E-state index is -4.23. The van der Waals surface area contributed by atoms with Crippen LogP contribution in [0.5, 0.6) is 0 Å². The number of rotatable bonds is 4. The zero-order valence-corrected chi connectivity index (χ0v) is 12.0. The summed E-state index contributed by atoms with van der Waals surface area (Å²) >= 11 is -0.0953. The Morgan fingerprint density at radius 2 is 1.68 bits per heavy atom. The molecule has 1 aromatic carbocycles. The van der Waals surface area contributed by atoms with Gasteiger partial charge in [0.1, 0.15) is 0 Å². The largest absolute Gasteiger partial charge is 0.446 e. The topological polar surface area (TPSA) is 12.0 Å². The van der Waals surface area contributed by atoms with E-state index in [1.165, 1.54) is 12.1 Å². The van der Waals surface area contributed by atoms with Crippen molar-refractivity contribution in [2.24, 2.45) is 0 Å². The summed E-state index contributed by atoms with van der Waals surface area (Å²) in [5, 5.41) is 3.29. The highest BCUT2D eigenvalue weighted by Gasteiger charge is 2.28. The van der Waals surface area contributed by atoms with Crippen molar-refractivity contribution in [2.45, 2.75) is 36.7 Å². The van der Waals surface area contributed by atoms with Gasteiger partial charge in [-0.05, 0) is 50.2 Å². The van der Waals surface area contributed by atoms with Gasteiger partial charge in [0.05, 0.1) is 0 Å². The molecule has 1 rings (SSSR count). The molecule has 0 saturated heterocycles. The summed E-state index contributed by atoms with van der Waals surface area (Å²) in [5.41, 5.74) is -3.28. The zero-order chi connectivity index (χ0) is 14.5. The molecule has 0 aromatic heterocycles. The molecule has 0 aliphatic carbocycles. The van der Waals surface area contributed by atoms with Gasteiger partial charge in [-0.25, -0.2) is 0 Å². The van der Waals surface area contributed by atoms with E-state index in [0.29, 0.717) is 0 Å². The highest BCUT2D eigenvalue weighted by molar-refractivity contribution is 8.00. The lowest BCUT2D eigenvalue weighted by Crippen LogP contribution is -2.35. The Balaban J connectivity index is 2.51. The summed E-state index contributed by atoms with van der Waals surface area (Å²) in [6, 6.07) is 6.33. The first-order chi connectivity index (χ1) is 8.66. The Morgan fingerprint density at radius 1 is 1.11 bits per heavy atom. The van der Waals surface area contributed by atoms with E-state index in [1.54, 1.807) is 12.1 Å². The van der Waals surface area contributed by atoms with Crippen LogP contribution in [0.4, 0.5) is 13.2 Å². The van der Waals surface area contributed by atoms with Crippen molar-refractivity contribution in [3.05, 3.63) is 35.9 Å². The number of hydrogen-bond donors (Lipinski definition) is 1. The highest BCUT2D eigenvalue weighted by Crippen LogP contribution is 2.36. The summed E-state index contributed by atoms with van der Waals surface area (Å²) in [5.74, 6) is 0. The Bertz CT molecular complexity index is 416. The molecule has 0 saturated carbocycles. The van der Waals surface area contributed by atoms with Crippen molar-refractivity contribution in [3.8, 4) is 0 Å². The number of benzene rings is 1. The molecule has 0 amide bonds. The van der Waals surface area contributed by atoms with E-state index in [-0.39, 0.29) is 22.2 Å². The van der Waals surface area contributed by atoms with Crippen LogP contribution < -0.4 is 5.32 Å². The van der Waals surface area contributed by atoms with Gasteiger partial charge in [0.15, 0.2) is 0 Å². The quantitative estimate of drug-likeness (QED) is 0.806. The molecule has 0 fully saturated rings. The Morgan fingerprint density at radius 3 is 2.16 bits per heavy atom. The van der Waals surface area contributed by atoms with Crippen molar-refractivity contribution in [1.29, 1.82) is 0 Å². The van der Waals surface area contributed by atoms with Gasteiger partial charge >= 0.3 is 5.51 Å². The second-order valence-electron chi connectivity index (χ2n) is 5.15. The second-order valence-corrected chi connectivity index (χ2v) is 6.29. The number of nitrogens with one attached hydrogen (secondary N) is 1. The average molecular weight is 289 g/mol. The van der Waals surface area contributed by atoms with E-state index in [9.17, 15) is 13.2 Å². The molecule has 0 bridgehead atoms. The van der Waals surface area contributed by atoms with E-state index in [2.05, 4.69) is 26.1 Å². The lowest BCUT2D eigenvalue weighted by Gasteiger charge is -2.18. The molecule has 5 heteroatoms. The minimum absolute atomic E-state index is 0.0531. The SMILES string of the molecule is CC(C)(C)NCC=Cc1ccc(SC(F)(F)F)cc1. The third-order valence-electron chi connectivity index (χ3n) is 2.17. The predicted octanol–water partition coefficient (Wildman–Crippen LogP) is 4.70. The van der Waals surface area contributed by atoms with Crippen LogP contribution in [0.3, 0.4) is 0 Å². The highest BCUT2D eigenvalue weighted by atomic mass is 32.2. The molecular weight excluding hydrogens is 271 g/mol. The Hall–Kier alpha value is -0.940. The standard InChI is InChI=1S/C14H18F3NS/c1-13(2,3)18-10-4-5-11-6-8-12(9-7-11)19-14(15,16)17/h4-9,18H,10H2,1-3H3. The third-order valence-corrected chi connectivity index (χ3v) is 2.91. The number of alkyl halides is 3. The van der Waals surface area contributed by atoms with E-state index >= 15 is 0 Å². The maximum Gasteiger partial charge on any atom is 0.446 e. The van der Waals surface area contributed by atoms with Gasteiger partial charge in [-0.1, -0.05) is 24.3 Å². The Kier molecular flexibility index (Phi) is 5.50. The van der Waals surface area contributed by atoms with Gasteiger partial charge in [-0.2, -0.15) is 13.2 Å².